The van der Waals surface area contributed by atoms with Crippen LogP contribution in [0.2, 0.25) is 0 Å². The van der Waals surface area contributed by atoms with Gasteiger partial charge in [0.05, 0.1) is 24.3 Å². The zero-order valence-corrected chi connectivity index (χ0v) is 12.1. The van der Waals surface area contributed by atoms with Gasteiger partial charge >= 0.3 is 0 Å². The van der Waals surface area contributed by atoms with Crippen LogP contribution in [0.25, 0.3) is 11.4 Å². The number of ether oxygens (including phenoxy) is 1. The summed E-state index contributed by atoms with van der Waals surface area (Å²) < 4.78 is 5.81. The molecular weight excluding hydrogens is 264 g/mol. The summed E-state index contributed by atoms with van der Waals surface area (Å²) in [4.78, 5) is 15.9. The first-order chi connectivity index (χ1) is 10.3. The zero-order valence-electron chi connectivity index (χ0n) is 12.1. The maximum atomic E-state index is 5.81. The molecule has 1 spiro atoms. The lowest BCUT2D eigenvalue weighted by molar-refractivity contribution is 0.0516. The summed E-state index contributed by atoms with van der Waals surface area (Å²) in [5.41, 5.74) is 3.30. The summed E-state index contributed by atoms with van der Waals surface area (Å²) in [5.74, 6) is 0.762. The van der Waals surface area contributed by atoms with Gasteiger partial charge in [0.25, 0.3) is 0 Å². The Morgan fingerprint density at radius 2 is 2.29 bits per heavy atom. The fourth-order valence-corrected chi connectivity index (χ4v) is 3.42. The van der Waals surface area contributed by atoms with Crippen LogP contribution < -0.4 is 0 Å². The van der Waals surface area contributed by atoms with E-state index in [0.717, 1.165) is 43.1 Å². The Bertz CT molecular complexity index is 661. The van der Waals surface area contributed by atoms with Gasteiger partial charge in [0.1, 0.15) is 0 Å². The van der Waals surface area contributed by atoms with E-state index in [-0.39, 0.29) is 5.41 Å². The zero-order chi connectivity index (χ0) is 14.3. The lowest BCUT2D eigenvalue weighted by atomic mass is 9.80. The lowest BCUT2D eigenvalue weighted by Gasteiger charge is -2.34. The van der Waals surface area contributed by atoms with Crippen LogP contribution in [-0.2, 0) is 16.8 Å². The van der Waals surface area contributed by atoms with Crippen molar-refractivity contribution < 1.29 is 4.74 Å². The Morgan fingerprint density at radius 1 is 1.33 bits per heavy atom. The summed E-state index contributed by atoms with van der Waals surface area (Å²) >= 11 is 0. The quantitative estimate of drug-likeness (QED) is 0.796. The molecule has 2 aromatic rings. The number of aromatic nitrogens is 3. The fourth-order valence-electron chi connectivity index (χ4n) is 3.42. The Balaban J connectivity index is 1.81. The number of likely N-dealkylation sites (N-methyl/N-ethyl adjacent to an activating group) is 1. The van der Waals surface area contributed by atoms with Crippen LogP contribution in [-0.4, -0.2) is 46.6 Å². The number of hydrogen-bond donors (Lipinski definition) is 0. The highest BCUT2D eigenvalue weighted by Crippen LogP contribution is 2.38. The summed E-state index contributed by atoms with van der Waals surface area (Å²) in [7, 11) is 2.16. The summed E-state index contributed by atoms with van der Waals surface area (Å²) in [6, 6.07) is 3.92. The molecule has 1 atom stereocenters. The molecule has 2 aromatic heterocycles. The van der Waals surface area contributed by atoms with Gasteiger partial charge in [-0.25, -0.2) is 9.97 Å². The van der Waals surface area contributed by atoms with E-state index >= 15 is 0 Å². The molecule has 1 saturated heterocycles. The predicted molar refractivity (Wildman–Crippen MR) is 78.7 cm³/mol. The molecule has 0 bridgehead atoms. The molecular formula is C16H18N4O. The van der Waals surface area contributed by atoms with Gasteiger partial charge < -0.3 is 9.64 Å². The minimum atomic E-state index is 0.0300. The Labute approximate surface area is 124 Å². The number of rotatable bonds is 1. The molecule has 0 amide bonds. The molecule has 21 heavy (non-hydrogen) atoms. The van der Waals surface area contributed by atoms with E-state index in [2.05, 4.69) is 21.9 Å². The third kappa shape index (κ3) is 2.13. The van der Waals surface area contributed by atoms with E-state index in [1.165, 1.54) is 5.69 Å². The highest BCUT2D eigenvalue weighted by Gasteiger charge is 2.43. The standard InChI is InChI=1S/C16H18N4O/c1-20-6-4-16(10-20)11-21-9-13-8-18-15(19-14(13)16)12-3-2-5-17-7-12/h2-3,5,7-8H,4,6,9-11H2,1H3/t16-/m0/s1. The minimum Gasteiger partial charge on any atom is -0.376 e. The van der Waals surface area contributed by atoms with Crippen molar-refractivity contribution in [1.29, 1.82) is 0 Å². The first-order valence-electron chi connectivity index (χ1n) is 7.30. The van der Waals surface area contributed by atoms with Gasteiger partial charge in [-0.1, -0.05) is 0 Å². The molecule has 0 unspecified atom stereocenters. The van der Waals surface area contributed by atoms with Crippen molar-refractivity contribution in [3.05, 3.63) is 42.0 Å². The number of likely N-dealkylation sites (tertiary alicyclic amines) is 1. The molecule has 1 fully saturated rings. The van der Waals surface area contributed by atoms with Crippen LogP contribution in [0.5, 0.6) is 0 Å². The number of hydrogen-bond acceptors (Lipinski definition) is 5. The minimum absolute atomic E-state index is 0.0300. The van der Waals surface area contributed by atoms with Crippen molar-refractivity contribution >= 4 is 0 Å². The second-order valence-electron chi connectivity index (χ2n) is 6.07. The molecule has 0 radical (unpaired) electrons. The maximum Gasteiger partial charge on any atom is 0.160 e. The third-order valence-corrected chi connectivity index (χ3v) is 4.47. The molecule has 108 valence electrons. The molecule has 0 saturated carbocycles. The van der Waals surface area contributed by atoms with E-state index < -0.39 is 0 Å². The van der Waals surface area contributed by atoms with Crippen LogP contribution in [0.1, 0.15) is 17.7 Å². The van der Waals surface area contributed by atoms with Crippen LogP contribution in [0, 0.1) is 0 Å². The van der Waals surface area contributed by atoms with E-state index in [1.807, 2.05) is 24.5 Å². The monoisotopic (exact) mass is 282 g/mol. The van der Waals surface area contributed by atoms with Gasteiger partial charge in [-0.2, -0.15) is 0 Å². The Morgan fingerprint density at radius 3 is 3.05 bits per heavy atom. The SMILES string of the molecule is CN1CC[C@@]2(COCc3cnc(-c4cccnc4)nc32)C1. The van der Waals surface area contributed by atoms with Crippen molar-refractivity contribution in [2.75, 3.05) is 26.7 Å². The predicted octanol–water partition coefficient (Wildman–Crippen LogP) is 1.64. The van der Waals surface area contributed by atoms with Crippen molar-refractivity contribution in [3.63, 3.8) is 0 Å². The smallest absolute Gasteiger partial charge is 0.160 e. The van der Waals surface area contributed by atoms with Crippen LogP contribution in [0.3, 0.4) is 0 Å². The average molecular weight is 282 g/mol. The second-order valence-corrected chi connectivity index (χ2v) is 6.07. The van der Waals surface area contributed by atoms with Crippen molar-refractivity contribution in [2.24, 2.45) is 0 Å². The van der Waals surface area contributed by atoms with Crippen molar-refractivity contribution in [3.8, 4) is 11.4 Å². The Kier molecular flexibility index (Phi) is 2.97. The number of pyridine rings is 1. The Hall–Kier alpha value is -1.85. The van der Waals surface area contributed by atoms with Crippen LogP contribution >= 0.6 is 0 Å². The van der Waals surface area contributed by atoms with Crippen molar-refractivity contribution in [1.82, 2.24) is 19.9 Å². The van der Waals surface area contributed by atoms with Gasteiger partial charge in [-0.15, -0.1) is 0 Å². The highest BCUT2D eigenvalue weighted by atomic mass is 16.5. The molecule has 0 aromatic carbocycles. The molecule has 0 N–H and O–H groups in total. The topological polar surface area (TPSA) is 51.1 Å². The van der Waals surface area contributed by atoms with E-state index in [9.17, 15) is 0 Å². The first-order valence-corrected chi connectivity index (χ1v) is 7.30. The average Bonchev–Trinajstić information content (AvgIpc) is 2.90. The molecule has 0 aliphatic carbocycles. The van der Waals surface area contributed by atoms with E-state index in [4.69, 9.17) is 9.72 Å². The molecule has 2 aliphatic rings. The van der Waals surface area contributed by atoms with Gasteiger partial charge in [0, 0.05) is 36.3 Å². The second kappa shape index (κ2) is 4.86. The number of nitrogens with zero attached hydrogens (tertiary/aromatic N) is 4. The van der Waals surface area contributed by atoms with Gasteiger partial charge in [-0.05, 0) is 32.1 Å². The molecule has 4 heterocycles. The molecule has 2 aliphatic heterocycles. The summed E-state index contributed by atoms with van der Waals surface area (Å²) in [6.45, 7) is 3.47. The normalized spacial score (nSPS) is 25.2. The van der Waals surface area contributed by atoms with E-state index in [0.29, 0.717) is 6.61 Å². The number of fused-ring (bicyclic) bond motifs is 2. The van der Waals surface area contributed by atoms with E-state index in [1.54, 1.807) is 6.20 Å². The lowest BCUT2D eigenvalue weighted by Crippen LogP contribution is -2.40. The molecule has 5 heteroatoms. The third-order valence-electron chi connectivity index (χ3n) is 4.47. The van der Waals surface area contributed by atoms with Gasteiger partial charge in [0.15, 0.2) is 5.82 Å². The first kappa shape index (κ1) is 12.9. The summed E-state index contributed by atoms with van der Waals surface area (Å²) in [6.07, 6.45) is 6.60. The summed E-state index contributed by atoms with van der Waals surface area (Å²) in [5, 5.41) is 0. The van der Waals surface area contributed by atoms with Crippen LogP contribution in [0.15, 0.2) is 30.7 Å². The largest absolute Gasteiger partial charge is 0.376 e. The van der Waals surface area contributed by atoms with Crippen molar-refractivity contribution in [2.45, 2.75) is 18.4 Å². The fraction of sp³-hybridized carbons (Fsp3) is 0.438. The van der Waals surface area contributed by atoms with Crippen LogP contribution in [0.4, 0.5) is 0 Å². The maximum absolute atomic E-state index is 5.81. The molecule has 5 nitrogen and oxygen atoms in total. The molecule has 4 rings (SSSR count). The highest BCUT2D eigenvalue weighted by molar-refractivity contribution is 5.54. The van der Waals surface area contributed by atoms with Gasteiger partial charge in [0.2, 0.25) is 0 Å². The van der Waals surface area contributed by atoms with Gasteiger partial charge in [-0.3, -0.25) is 4.98 Å².